The van der Waals surface area contributed by atoms with Crippen LogP contribution in [0.5, 0.6) is 5.75 Å². The number of benzene rings is 1. The topological polar surface area (TPSA) is 34.2 Å². The van der Waals surface area contributed by atoms with Gasteiger partial charge in [0.05, 0.1) is 12.6 Å². The summed E-state index contributed by atoms with van der Waals surface area (Å²) >= 11 is 0. The number of rotatable bonds is 13. The zero-order valence-corrected chi connectivity index (χ0v) is 19.9. The number of unbranched alkanes of at least 4 members (excludes halogenated alkanes) is 9. The molecule has 1 heterocycles. The van der Waals surface area contributed by atoms with E-state index in [1.807, 2.05) is 6.07 Å². The summed E-state index contributed by atoms with van der Waals surface area (Å²) in [5, 5.41) is 5.02. The number of aryl methyl sites for hydroxylation is 1. The molecule has 1 aliphatic rings. The number of methoxy groups -OCH3 is 1. The normalized spacial score (nSPS) is 13.0. The Kier molecular flexibility index (Phi) is 11.4. The van der Waals surface area contributed by atoms with Crippen molar-refractivity contribution in [3.63, 3.8) is 0 Å². The van der Waals surface area contributed by atoms with E-state index in [0.717, 1.165) is 30.7 Å². The Morgan fingerprint density at radius 2 is 1.57 bits per heavy atom. The third-order valence-corrected chi connectivity index (χ3v) is 6.30. The number of nitrogens with one attached hydrogen (secondary N) is 1. The molecule has 1 aromatic carbocycles. The molecule has 0 fully saturated rings. The van der Waals surface area contributed by atoms with E-state index in [9.17, 15) is 0 Å². The molecule has 0 unspecified atom stereocenters. The van der Waals surface area contributed by atoms with Crippen LogP contribution in [-0.2, 0) is 12.8 Å². The fraction of sp³-hybridized carbons (Fsp3) is 0.654. The number of hydrogen-bond donors (Lipinski definition) is 1. The predicted octanol–water partition coefficient (Wildman–Crippen LogP) is 7.88. The zero-order chi connectivity index (χ0) is 20.3. The highest BCUT2D eigenvalue weighted by molar-refractivity contribution is 5.94. The van der Waals surface area contributed by atoms with E-state index in [-0.39, 0.29) is 12.4 Å². The Hall–Kier alpha value is -1.48. The standard InChI is InChI=1S/C26H40N2O.ClH/c1-3-4-5-6-7-8-9-10-11-14-19-27-26-22-15-12-13-16-24(22)28-25-18-17-21(29-2)20-23(25)26;/h17-18,20H,3-16,19H2,1-2H3,(H,27,28);1H. The molecule has 1 aromatic heterocycles. The highest BCUT2D eigenvalue weighted by atomic mass is 35.5. The molecule has 0 saturated heterocycles. The number of anilines is 1. The predicted molar refractivity (Wildman–Crippen MR) is 133 cm³/mol. The summed E-state index contributed by atoms with van der Waals surface area (Å²) in [5.41, 5.74) is 5.17. The van der Waals surface area contributed by atoms with Gasteiger partial charge in [0.2, 0.25) is 0 Å². The highest BCUT2D eigenvalue weighted by Gasteiger charge is 2.18. The Morgan fingerprint density at radius 1 is 0.900 bits per heavy atom. The molecule has 0 atom stereocenters. The van der Waals surface area contributed by atoms with Gasteiger partial charge in [0.15, 0.2) is 0 Å². The van der Waals surface area contributed by atoms with Gasteiger partial charge in [-0.2, -0.15) is 0 Å². The van der Waals surface area contributed by atoms with Gasteiger partial charge in [-0.15, -0.1) is 12.4 Å². The summed E-state index contributed by atoms with van der Waals surface area (Å²) < 4.78 is 5.48. The second-order valence-electron chi connectivity index (χ2n) is 8.61. The lowest BCUT2D eigenvalue weighted by atomic mass is 9.92. The second-order valence-corrected chi connectivity index (χ2v) is 8.61. The van der Waals surface area contributed by atoms with Crippen LogP contribution in [-0.4, -0.2) is 18.6 Å². The largest absolute Gasteiger partial charge is 0.497 e. The molecule has 0 bridgehead atoms. The fourth-order valence-corrected chi connectivity index (χ4v) is 4.56. The minimum absolute atomic E-state index is 0. The van der Waals surface area contributed by atoms with E-state index in [0.29, 0.717) is 0 Å². The van der Waals surface area contributed by atoms with Crippen molar-refractivity contribution in [2.75, 3.05) is 19.0 Å². The van der Waals surface area contributed by atoms with Gasteiger partial charge in [-0.05, 0) is 55.9 Å². The van der Waals surface area contributed by atoms with Gasteiger partial charge in [-0.25, -0.2) is 0 Å². The summed E-state index contributed by atoms with van der Waals surface area (Å²) in [6.07, 6.45) is 18.6. The minimum atomic E-state index is 0. The summed E-state index contributed by atoms with van der Waals surface area (Å²) in [6.45, 7) is 3.34. The van der Waals surface area contributed by atoms with Crippen LogP contribution in [0, 0.1) is 0 Å². The van der Waals surface area contributed by atoms with E-state index in [1.54, 1.807) is 7.11 Å². The van der Waals surface area contributed by atoms with Crippen LogP contribution < -0.4 is 10.1 Å². The van der Waals surface area contributed by atoms with Gasteiger partial charge >= 0.3 is 0 Å². The molecule has 2 aromatic rings. The van der Waals surface area contributed by atoms with Crippen molar-refractivity contribution in [3.8, 4) is 5.75 Å². The number of ether oxygens (including phenoxy) is 1. The summed E-state index contributed by atoms with van der Waals surface area (Å²) in [7, 11) is 1.74. The molecule has 3 nitrogen and oxygen atoms in total. The first-order chi connectivity index (χ1) is 14.3. The van der Waals surface area contributed by atoms with Crippen molar-refractivity contribution in [3.05, 3.63) is 29.5 Å². The Bertz CT molecular complexity index is 762. The monoisotopic (exact) mass is 432 g/mol. The molecular formula is C26H41ClN2O. The van der Waals surface area contributed by atoms with Crippen LogP contribution in [0.3, 0.4) is 0 Å². The van der Waals surface area contributed by atoms with Crippen LogP contribution in [0.2, 0.25) is 0 Å². The van der Waals surface area contributed by atoms with Crippen molar-refractivity contribution in [2.24, 2.45) is 0 Å². The Labute approximate surface area is 189 Å². The summed E-state index contributed by atoms with van der Waals surface area (Å²) in [5.74, 6) is 0.914. The lowest BCUT2D eigenvalue weighted by Gasteiger charge is -2.22. The Morgan fingerprint density at radius 3 is 2.27 bits per heavy atom. The average Bonchev–Trinajstić information content (AvgIpc) is 2.76. The van der Waals surface area contributed by atoms with Gasteiger partial charge in [0.1, 0.15) is 5.75 Å². The van der Waals surface area contributed by atoms with Gasteiger partial charge < -0.3 is 10.1 Å². The third-order valence-electron chi connectivity index (χ3n) is 6.30. The zero-order valence-electron chi connectivity index (χ0n) is 19.1. The number of halogens is 1. The first-order valence-corrected chi connectivity index (χ1v) is 12.1. The van der Waals surface area contributed by atoms with E-state index in [1.165, 1.54) is 99.4 Å². The first kappa shape index (κ1) is 24.8. The summed E-state index contributed by atoms with van der Waals surface area (Å²) in [4.78, 5) is 4.96. The van der Waals surface area contributed by atoms with Gasteiger partial charge in [0.25, 0.3) is 0 Å². The van der Waals surface area contributed by atoms with Crippen molar-refractivity contribution in [1.82, 2.24) is 4.98 Å². The number of fused-ring (bicyclic) bond motifs is 2. The molecule has 1 aliphatic carbocycles. The molecule has 0 radical (unpaired) electrons. The van der Waals surface area contributed by atoms with Gasteiger partial charge in [-0.3, -0.25) is 4.98 Å². The lowest BCUT2D eigenvalue weighted by Crippen LogP contribution is -2.12. The highest BCUT2D eigenvalue weighted by Crippen LogP contribution is 2.35. The molecule has 4 heteroatoms. The maximum Gasteiger partial charge on any atom is 0.119 e. The first-order valence-electron chi connectivity index (χ1n) is 12.1. The van der Waals surface area contributed by atoms with E-state index in [2.05, 4.69) is 24.4 Å². The molecule has 0 amide bonds. The lowest BCUT2D eigenvalue weighted by molar-refractivity contribution is 0.415. The van der Waals surface area contributed by atoms with Crippen molar-refractivity contribution in [2.45, 2.75) is 96.8 Å². The average molecular weight is 433 g/mol. The summed E-state index contributed by atoms with van der Waals surface area (Å²) in [6, 6.07) is 6.28. The Balaban J connectivity index is 0.00000320. The minimum Gasteiger partial charge on any atom is -0.497 e. The SMILES string of the molecule is CCCCCCCCCCCCNc1c2c(nc3ccc(OC)cc13)CCCC2.Cl. The van der Waals surface area contributed by atoms with E-state index in [4.69, 9.17) is 9.72 Å². The van der Waals surface area contributed by atoms with Crippen LogP contribution in [0.25, 0.3) is 10.9 Å². The van der Waals surface area contributed by atoms with Crippen LogP contribution in [0.1, 0.15) is 95.2 Å². The number of hydrogen-bond acceptors (Lipinski definition) is 3. The quantitative estimate of drug-likeness (QED) is 0.327. The number of aromatic nitrogens is 1. The number of pyridine rings is 1. The van der Waals surface area contributed by atoms with Crippen molar-refractivity contribution >= 4 is 29.0 Å². The fourth-order valence-electron chi connectivity index (χ4n) is 4.56. The van der Waals surface area contributed by atoms with Crippen LogP contribution in [0.15, 0.2) is 18.2 Å². The van der Waals surface area contributed by atoms with E-state index >= 15 is 0 Å². The maximum atomic E-state index is 5.48. The molecule has 168 valence electrons. The van der Waals surface area contributed by atoms with Gasteiger partial charge in [0, 0.05) is 23.3 Å². The second kappa shape index (κ2) is 13.7. The molecule has 0 spiro atoms. The smallest absolute Gasteiger partial charge is 0.119 e. The molecule has 30 heavy (non-hydrogen) atoms. The molecule has 1 N–H and O–H groups in total. The molecule has 3 rings (SSSR count). The molecule has 0 aliphatic heterocycles. The van der Waals surface area contributed by atoms with Crippen LogP contribution >= 0.6 is 12.4 Å². The van der Waals surface area contributed by atoms with Crippen molar-refractivity contribution < 1.29 is 4.74 Å². The molecule has 0 saturated carbocycles. The maximum absolute atomic E-state index is 5.48. The molecular weight excluding hydrogens is 392 g/mol. The third kappa shape index (κ3) is 7.04. The van der Waals surface area contributed by atoms with E-state index < -0.39 is 0 Å². The number of nitrogens with zero attached hydrogens (tertiary/aromatic N) is 1. The van der Waals surface area contributed by atoms with Crippen LogP contribution in [0.4, 0.5) is 5.69 Å². The van der Waals surface area contributed by atoms with Gasteiger partial charge in [-0.1, -0.05) is 64.7 Å². The van der Waals surface area contributed by atoms with Crippen molar-refractivity contribution in [1.29, 1.82) is 0 Å².